The van der Waals surface area contributed by atoms with Crippen molar-refractivity contribution in [1.82, 2.24) is 15.8 Å². The number of aromatic nitrogens is 1. The maximum absolute atomic E-state index is 11.1. The zero-order valence-corrected chi connectivity index (χ0v) is 18.3. The molecule has 0 radical (unpaired) electrons. The number of aromatic amines is 1. The molecule has 0 aliphatic rings. The van der Waals surface area contributed by atoms with Crippen LogP contribution in [0.1, 0.15) is 22.3 Å². The van der Waals surface area contributed by atoms with Crippen LogP contribution in [0.2, 0.25) is 0 Å². The van der Waals surface area contributed by atoms with Crippen LogP contribution in [-0.2, 0) is 24.4 Å². The minimum Gasteiger partial charge on any atom is -0.488 e. The lowest BCUT2D eigenvalue weighted by molar-refractivity contribution is -0.124. The number of rotatable bonds is 10. The van der Waals surface area contributed by atoms with Crippen LogP contribution in [0, 0.1) is 0 Å². The van der Waals surface area contributed by atoms with Crippen LogP contribution in [0.25, 0.3) is 17.0 Å². The van der Waals surface area contributed by atoms with E-state index in [-0.39, 0.29) is 0 Å². The first-order chi connectivity index (χ1) is 16.2. The van der Waals surface area contributed by atoms with Crippen molar-refractivity contribution in [3.05, 3.63) is 107 Å². The number of fused-ring (bicyclic) bond motifs is 1. The summed E-state index contributed by atoms with van der Waals surface area (Å²) in [4.78, 5) is 14.4. The fraction of sp³-hybridized carbons (Fsp3) is 0.148. The Balaban J connectivity index is 1.32. The Morgan fingerprint density at radius 3 is 2.58 bits per heavy atom. The Labute approximate surface area is 192 Å². The van der Waals surface area contributed by atoms with Gasteiger partial charge in [-0.25, -0.2) is 5.48 Å². The van der Waals surface area contributed by atoms with E-state index < -0.39 is 5.91 Å². The summed E-state index contributed by atoms with van der Waals surface area (Å²) < 4.78 is 6.15. The van der Waals surface area contributed by atoms with Crippen molar-refractivity contribution in [3.8, 4) is 5.75 Å². The van der Waals surface area contributed by atoms with Gasteiger partial charge in [-0.2, -0.15) is 0 Å². The van der Waals surface area contributed by atoms with E-state index in [1.165, 1.54) is 11.6 Å². The predicted octanol–water partition coefficient (Wildman–Crippen LogP) is 4.60. The number of ether oxygens (including phenoxy) is 1. The third-order valence-corrected chi connectivity index (χ3v) is 5.40. The highest BCUT2D eigenvalue weighted by molar-refractivity contribution is 5.91. The van der Waals surface area contributed by atoms with Crippen LogP contribution >= 0.6 is 0 Å². The molecule has 0 unspecified atom stereocenters. The van der Waals surface area contributed by atoms with Gasteiger partial charge in [0.25, 0.3) is 5.91 Å². The number of hydroxylamine groups is 1. The Hall–Kier alpha value is -3.87. The molecule has 168 valence electrons. The van der Waals surface area contributed by atoms with E-state index in [1.54, 1.807) is 11.6 Å². The average Bonchev–Trinajstić information content (AvgIpc) is 3.29. The summed E-state index contributed by atoms with van der Waals surface area (Å²) in [6, 6.07) is 24.2. The largest absolute Gasteiger partial charge is 0.488 e. The second-order valence-corrected chi connectivity index (χ2v) is 7.74. The van der Waals surface area contributed by atoms with Gasteiger partial charge in [0.2, 0.25) is 0 Å². The molecule has 0 saturated carbocycles. The Morgan fingerprint density at radius 1 is 0.970 bits per heavy atom. The number of amides is 1. The van der Waals surface area contributed by atoms with Crippen molar-refractivity contribution in [3.63, 3.8) is 0 Å². The highest BCUT2D eigenvalue weighted by atomic mass is 16.5. The Kier molecular flexibility index (Phi) is 7.53. The van der Waals surface area contributed by atoms with Gasteiger partial charge in [-0.1, -0.05) is 60.7 Å². The zero-order chi connectivity index (χ0) is 22.9. The molecule has 0 aliphatic carbocycles. The van der Waals surface area contributed by atoms with E-state index in [2.05, 4.69) is 34.7 Å². The standard InChI is InChI=1S/C27H27N3O3/c31-26(30-32)14-13-20-9-11-21(12-10-20)17-28-16-15-23-18-29-24-7-4-8-25(27(23)24)33-19-22-5-2-1-3-6-22/h1-14,18,28-29,32H,15-17,19H2,(H,30,31). The molecule has 33 heavy (non-hydrogen) atoms. The number of benzene rings is 3. The molecule has 6 heteroatoms. The van der Waals surface area contributed by atoms with E-state index in [0.717, 1.165) is 52.9 Å². The van der Waals surface area contributed by atoms with Crippen LogP contribution in [0.4, 0.5) is 0 Å². The fourth-order valence-electron chi connectivity index (χ4n) is 3.68. The maximum Gasteiger partial charge on any atom is 0.267 e. The van der Waals surface area contributed by atoms with Gasteiger partial charge in [0.1, 0.15) is 12.4 Å². The SMILES string of the molecule is O=C(C=Cc1ccc(CNCCc2c[nH]c3cccc(OCc4ccccc4)c23)cc1)NO. The van der Waals surface area contributed by atoms with Crippen LogP contribution < -0.4 is 15.5 Å². The van der Waals surface area contributed by atoms with E-state index in [9.17, 15) is 4.79 Å². The summed E-state index contributed by atoms with van der Waals surface area (Å²) in [5, 5.41) is 13.2. The number of hydrogen-bond acceptors (Lipinski definition) is 4. The molecule has 0 aliphatic heterocycles. The number of carbonyl (C=O) groups excluding carboxylic acids is 1. The molecule has 1 heterocycles. The van der Waals surface area contributed by atoms with E-state index >= 15 is 0 Å². The van der Waals surface area contributed by atoms with Gasteiger partial charge in [0, 0.05) is 29.7 Å². The summed E-state index contributed by atoms with van der Waals surface area (Å²) in [6.45, 7) is 2.12. The summed E-state index contributed by atoms with van der Waals surface area (Å²) in [6.07, 6.45) is 5.87. The monoisotopic (exact) mass is 441 g/mol. The summed E-state index contributed by atoms with van der Waals surface area (Å²) in [5.41, 5.74) is 7.07. The number of H-pyrrole nitrogens is 1. The van der Waals surface area contributed by atoms with E-state index in [0.29, 0.717) is 6.61 Å². The van der Waals surface area contributed by atoms with Gasteiger partial charge in [0.15, 0.2) is 0 Å². The van der Waals surface area contributed by atoms with Crippen molar-refractivity contribution in [1.29, 1.82) is 0 Å². The molecule has 0 bridgehead atoms. The first-order valence-corrected chi connectivity index (χ1v) is 10.9. The second-order valence-electron chi connectivity index (χ2n) is 7.74. The number of hydrogen-bond donors (Lipinski definition) is 4. The summed E-state index contributed by atoms with van der Waals surface area (Å²) in [7, 11) is 0. The van der Waals surface area contributed by atoms with Gasteiger partial charge in [0.05, 0.1) is 0 Å². The molecular weight excluding hydrogens is 414 g/mol. The zero-order valence-electron chi connectivity index (χ0n) is 18.3. The van der Waals surface area contributed by atoms with Gasteiger partial charge in [-0.3, -0.25) is 10.0 Å². The van der Waals surface area contributed by atoms with Crippen LogP contribution in [0.15, 0.2) is 85.1 Å². The van der Waals surface area contributed by atoms with Crippen molar-refractivity contribution in [2.24, 2.45) is 0 Å². The van der Waals surface area contributed by atoms with Gasteiger partial charge in [-0.05, 0) is 53.4 Å². The molecule has 0 saturated heterocycles. The first kappa shape index (κ1) is 22.3. The lowest BCUT2D eigenvalue weighted by Crippen LogP contribution is -2.16. The summed E-state index contributed by atoms with van der Waals surface area (Å²) in [5.74, 6) is 0.345. The van der Waals surface area contributed by atoms with Crippen molar-refractivity contribution < 1.29 is 14.7 Å². The minimum absolute atomic E-state index is 0.540. The van der Waals surface area contributed by atoms with E-state index in [4.69, 9.17) is 9.94 Å². The van der Waals surface area contributed by atoms with Crippen molar-refractivity contribution in [2.45, 2.75) is 19.6 Å². The normalized spacial score (nSPS) is 11.2. The molecule has 0 spiro atoms. The van der Waals surface area contributed by atoms with Crippen LogP contribution in [-0.4, -0.2) is 22.6 Å². The Bertz CT molecular complexity index is 1210. The molecule has 4 aromatic rings. The molecule has 0 fully saturated rings. The third kappa shape index (κ3) is 6.10. The molecular formula is C27H27N3O3. The predicted molar refractivity (Wildman–Crippen MR) is 130 cm³/mol. The van der Waals surface area contributed by atoms with Crippen LogP contribution in [0.3, 0.4) is 0 Å². The smallest absolute Gasteiger partial charge is 0.267 e. The van der Waals surface area contributed by atoms with Crippen molar-refractivity contribution in [2.75, 3.05) is 6.54 Å². The number of nitrogens with one attached hydrogen (secondary N) is 3. The molecule has 6 nitrogen and oxygen atoms in total. The van der Waals surface area contributed by atoms with E-state index in [1.807, 2.05) is 54.6 Å². The quantitative estimate of drug-likeness (QED) is 0.125. The number of carbonyl (C=O) groups is 1. The molecule has 3 aromatic carbocycles. The van der Waals surface area contributed by atoms with Gasteiger partial charge in [-0.15, -0.1) is 0 Å². The lowest BCUT2D eigenvalue weighted by Gasteiger charge is -2.10. The Morgan fingerprint density at radius 2 is 1.79 bits per heavy atom. The molecule has 1 amide bonds. The highest BCUT2D eigenvalue weighted by Crippen LogP contribution is 2.29. The topological polar surface area (TPSA) is 86.4 Å². The van der Waals surface area contributed by atoms with Gasteiger partial charge >= 0.3 is 0 Å². The van der Waals surface area contributed by atoms with Crippen molar-refractivity contribution >= 4 is 22.9 Å². The van der Waals surface area contributed by atoms with Crippen LogP contribution in [0.5, 0.6) is 5.75 Å². The maximum atomic E-state index is 11.1. The average molecular weight is 442 g/mol. The fourth-order valence-corrected chi connectivity index (χ4v) is 3.68. The first-order valence-electron chi connectivity index (χ1n) is 10.9. The lowest BCUT2D eigenvalue weighted by atomic mass is 10.1. The molecule has 1 aromatic heterocycles. The highest BCUT2D eigenvalue weighted by Gasteiger charge is 2.10. The molecule has 4 N–H and O–H groups in total. The van der Waals surface area contributed by atoms with Gasteiger partial charge < -0.3 is 15.0 Å². The minimum atomic E-state index is -0.549. The second kappa shape index (κ2) is 11.1. The molecule has 0 atom stereocenters. The summed E-state index contributed by atoms with van der Waals surface area (Å²) >= 11 is 0. The third-order valence-electron chi connectivity index (χ3n) is 5.40. The molecule has 4 rings (SSSR count).